The number of carbonyl (C=O) groups is 2. The fourth-order valence-electron chi connectivity index (χ4n) is 4.15. The number of rotatable bonds is 7. The number of benzene rings is 2. The van der Waals surface area contributed by atoms with Crippen LogP contribution < -0.4 is 21.1 Å². The Morgan fingerprint density at radius 1 is 1.17 bits per heavy atom. The maximum atomic E-state index is 12.8. The number of nitrogens with two attached hydrogens (primary N) is 1. The molecule has 2 aromatic carbocycles. The van der Waals surface area contributed by atoms with E-state index in [1.54, 1.807) is 24.3 Å². The maximum Gasteiger partial charge on any atom is 0.255 e. The Morgan fingerprint density at radius 3 is 2.58 bits per heavy atom. The van der Waals surface area contributed by atoms with Crippen molar-refractivity contribution in [1.82, 2.24) is 25.1 Å². The first-order valence-electron chi connectivity index (χ1n) is 11.5. The van der Waals surface area contributed by atoms with Crippen LogP contribution >= 0.6 is 0 Å². The normalized spacial score (nSPS) is 13.1. The van der Waals surface area contributed by atoms with Crippen molar-refractivity contribution >= 4 is 28.8 Å². The molecule has 4 aromatic rings. The van der Waals surface area contributed by atoms with E-state index >= 15 is 0 Å². The highest BCUT2D eigenvalue weighted by molar-refractivity contribution is 6.01. The SMILES string of the molecule is C=CC(=O)Nc1ccc(-c2nn3ncnc(N)c3c2-c2ccc(C(=O)NC3CCC3)c(OC)c2)cc1. The van der Waals surface area contributed by atoms with Gasteiger partial charge in [-0.25, -0.2) is 4.98 Å². The van der Waals surface area contributed by atoms with Gasteiger partial charge in [-0.3, -0.25) is 9.59 Å². The van der Waals surface area contributed by atoms with E-state index in [4.69, 9.17) is 10.5 Å². The predicted octanol–water partition coefficient (Wildman–Crippen LogP) is 3.46. The van der Waals surface area contributed by atoms with Gasteiger partial charge in [0, 0.05) is 22.9 Å². The van der Waals surface area contributed by atoms with Crippen LogP contribution in [0.4, 0.5) is 11.5 Å². The number of nitrogens with one attached hydrogen (secondary N) is 2. The van der Waals surface area contributed by atoms with Crippen molar-refractivity contribution in [2.75, 3.05) is 18.2 Å². The van der Waals surface area contributed by atoms with Crippen LogP contribution in [-0.2, 0) is 4.79 Å². The summed E-state index contributed by atoms with van der Waals surface area (Å²) in [6.07, 6.45) is 5.66. The third kappa shape index (κ3) is 4.24. The quantitative estimate of drug-likeness (QED) is 0.342. The molecule has 2 amide bonds. The predicted molar refractivity (Wildman–Crippen MR) is 137 cm³/mol. The Bertz CT molecular complexity index is 1470. The first kappa shape index (κ1) is 23.0. The first-order valence-corrected chi connectivity index (χ1v) is 11.5. The number of anilines is 2. The van der Waals surface area contributed by atoms with Crippen LogP contribution in [0.1, 0.15) is 29.6 Å². The van der Waals surface area contributed by atoms with E-state index in [9.17, 15) is 9.59 Å². The van der Waals surface area contributed by atoms with Crippen molar-refractivity contribution in [3.8, 4) is 28.1 Å². The van der Waals surface area contributed by atoms with Gasteiger partial charge in [0.05, 0.1) is 12.7 Å². The highest BCUT2D eigenvalue weighted by Gasteiger charge is 2.24. The van der Waals surface area contributed by atoms with Gasteiger partial charge in [-0.15, -0.1) is 14.8 Å². The number of amides is 2. The zero-order chi connectivity index (χ0) is 25.2. The van der Waals surface area contributed by atoms with Gasteiger partial charge in [-0.05, 0) is 55.2 Å². The molecule has 2 aromatic heterocycles. The topological polar surface area (TPSA) is 137 Å². The fraction of sp³-hybridized carbons (Fsp3) is 0.192. The average Bonchev–Trinajstić information content (AvgIpc) is 3.27. The van der Waals surface area contributed by atoms with E-state index < -0.39 is 0 Å². The molecule has 182 valence electrons. The number of methoxy groups -OCH3 is 1. The molecule has 0 aliphatic heterocycles. The lowest BCUT2D eigenvalue weighted by molar-refractivity contribution is -0.111. The van der Waals surface area contributed by atoms with Gasteiger partial charge in [-0.2, -0.15) is 0 Å². The Balaban J connectivity index is 1.59. The standard InChI is InChI=1S/C26H25N7O3/c1-3-21(34)30-18-10-7-15(8-11-18)23-22(24-25(27)28-14-29-33(24)32-23)16-9-12-19(20(13-16)36-2)26(35)31-17-5-4-6-17/h3,7-14,17H,1,4-6H2,2H3,(H,30,34)(H,31,35)(H2,27,28,29). The number of hydrogen-bond acceptors (Lipinski definition) is 7. The summed E-state index contributed by atoms with van der Waals surface area (Å²) < 4.78 is 7.03. The minimum Gasteiger partial charge on any atom is -0.496 e. The van der Waals surface area contributed by atoms with Crippen molar-refractivity contribution in [3.05, 3.63) is 67.0 Å². The number of aromatic nitrogens is 4. The monoisotopic (exact) mass is 483 g/mol. The van der Waals surface area contributed by atoms with E-state index in [0.29, 0.717) is 33.8 Å². The van der Waals surface area contributed by atoms with E-state index in [1.165, 1.54) is 24.1 Å². The Hall–Kier alpha value is -4.73. The average molecular weight is 484 g/mol. The molecule has 36 heavy (non-hydrogen) atoms. The Kier molecular flexibility index (Phi) is 6.07. The number of ether oxygens (including phenoxy) is 1. The van der Waals surface area contributed by atoms with Crippen molar-refractivity contribution in [2.45, 2.75) is 25.3 Å². The number of fused-ring (bicyclic) bond motifs is 1. The molecule has 0 spiro atoms. The van der Waals surface area contributed by atoms with Crippen LogP contribution in [0.15, 0.2) is 61.4 Å². The zero-order valence-electron chi connectivity index (χ0n) is 19.7. The lowest BCUT2D eigenvalue weighted by atomic mass is 9.92. The number of nitrogens with zero attached hydrogens (tertiary/aromatic N) is 4. The summed E-state index contributed by atoms with van der Waals surface area (Å²) >= 11 is 0. The maximum absolute atomic E-state index is 12.8. The third-order valence-corrected chi connectivity index (χ3v) is 6.26. The first-order chi connectivity index (χ1) is 17.5. The van der Waals surface area contributed by atoms with Gasteiger partial charge in [0.25, 0.3) is 5.91 Å². The lowest BCUT2D eigenvalue weighted by Crippen LogP contribution is -2.39. The van der Waals surface area contributed by atoms with Crippen LogP contribution in [-0.4, -0.2) is 44.8 Å². The van der Waals surface area contributed by atoms with Gasteiger partial charge < -0.3 is 21.1 Å². The van der Waals surface area contributed by atoms with Crippen molar-refractivity contribution in [2.24, 2.45) is 0 Å². The van der Waals surface area contributed by atoms with Crippen LogP contribution in [0.3, 0.4) is 0 Å². The lowest BCUT2D eigenvalue weighted by Gasteiger charge is -2.26. The summed E-state index contributed by atoms with van der Waals surface area (Å²) in [7, 11) is 1.53. The zero-order valence-corrected chi connectivity index (χ0v) is 19.7. The summed E-state index contributed by atoms with van der Waals surface area (Å²) in [5.74, 6) is 0.239. The van der Waals surface area contributed by atoms with Crippen LogP contribution in [0, 0.1) is 0 Å². The Labute approximate surface area is 207 Å². The molecule has 10 heteroatoms. The molecule has 0 unspecified atom stereocenters. The van der Waals surface area contributed by atoms with Gasteiger partial charge in [0.2, 0.25) is 5.91 Å². The Morgan fingerprint density at radius 2 is 1.92 bits per heavy atom. The van der Waals surface area contributed by atoms with Gasteiger partial charge in [-0.1, -0.05) is 24.8 Å². The molecule has 1 aliphatic carbocycles. The molecule has 1 aliphatic rings. The van der Waals surface area contributed by atoms with E-state index in [0.717, 1.165) is 30.4 Å². The molecule has 0 saturated heterocycles. The number of hydrogen-bond donors (Lipinski definition) is 3. The molecular formula is C26H25N7O3. The molecule has 2 heterocycles. The summed E-state index contributed by atoms with van der Waals surface area (Å²) in [5.41, 5.74) is 10.7. The highest BCUT2D eigenvalue weighted by Crippen LogP contribution is 2.39. The van der Waals surface area contributed by atoms with Gasteiger partial charge in [0.15, 0.2) is 5.82 Å². The second-order valence-electron chi connectivity index (χ2n) is 8.49. The molecule has 1 fully saturated rings. The number of carbonyl (C=O) groups excluding carboxylic acids is 2. The summed E-state index contributed by atoms with van der Waals surface area (Å²) in [5, 5.41) is 14.7. The van der Waals surface area contributed by atoms with Gasteiger partial charge in [0.1, 0.15) is 23.3 Å². The molecule has 10 nitrogen and oxygen atoms in total. The van der Waals surface area contributed by atoms with Crippen LogP contribution in [0.25, 0.3) is 27.9 Å². The molecule has 5 rings (SSSR count). The molecule has 0 atom stereocenters. The van der Waals surface area contributed by atoms with Gasteiger partial charge >= 0.3 is 0 Å². The molecule has 0 bridgehead atoms. The fourth-order valence-corrected chi connectivity index (χ4v) is 4.15. The molecule has 0 radical (unpaired) electrons. The third-order valence-electron chi connectivity index (χ3n) is 6.26. The second kappa shape index (κ2) is 9.49. The van der Waals surface area contributed by atoms with E-state index in [-0.39, 0.29) is 23.7 Å². The van der Waals surface area contributed by atoms with Crippen molar-refractivity contribution in [3.63, 3.8) is 0 Å². The van der Waals surface area contributed by atoms with Crippen LogP contribution in [0.2, 0.25) is 0 Å². The van der Waals surface area contributed by atoms with Crippen molar-refractivity contribution in [1.29, 1.82) is 0 Å². The second-order valence-corrected chi connectivity index (χ2v) is 8.49. The summed E-state index contributed by atoms with van der Waals surface area (Å²) in [6, 6.07) is 12.8. The van der Waals surface area contributed by atoms with E-state index in [1.807, 2.05) is 18.2 Å². The minimum atomic E-state index is -0.298. The smallest absolute Gasteiger partial charge is 0.255 e. The molecular weight excluding hydrogens is 458 g/mol. The minimum absolute atomic E-state index is 0.164. The van der Waals surface area contributed by atoms with Crippen LogP contribution in [0.5, 0.6) is 5.75 Å². The van der Waals surface area contributed by atoms with E-state index in [2.05, 4.69) is 32.4 Å². The largest absolute Gasteiger partial charge is 0.496 e. The highest BCUT2D eigenvalue weighted by atomic mass is 16.5. The number of nitrogen functional groups attached to an aromatic ring is 1. The summed E-state index contributed by atoms with van der Waals surface area (Å²) in [6.45, 7) is 3.47. The summed E-state index contributed by atoms with van der Waals surface area (Å²) in [4.78, 5) is 28.6. The molecule has 4 N–H and O–H groups in total. The molecule has 1 saturated carbocycles. The van der Waals surface area contributed by atoms with Crippen molar-refractivity contribution < 1.29 is 14.3 Å².